The van der Waals surface area contributed by atoms with Gasteiger partial charge in [0.2, 0.25) is 0 Å². The van der Waals surface area contributed by atoms with Crippen LogP contribution >= 0.6 is 0 Å². The van der Waals surface area contributed by atoms with Crippen molar-refractivity contribution >= 4 is 21.7 Å². The van der Waals surface area contributed by atoms with E-state index in [1.807, 2.05) is 13.8 Å². The summed E-state index contributed by atoms with van der Waals surface area (Å²) in [7, 11) is -3.08. The van der Waals surface area contributed by atoms with Crippen molar-refractivity contribution in [3.8, 4) is 0 Å². The van der Waals surface area contributed by atoms with E-state index in [1.54, 1.807) is 25.1 Å². The van der Waals surface area contributed by atoms with E-state index >= 15 is 0 Å². The molecule has 2 rings (SSSR count). The summed E-state index contributed by atoms with van der Waals surface area (Å²) in [4.78, 5) is 30.4. The Hall–Kier alpha value is -1.96. The van der Waals surface area contributed by atoms with Gasteiger partial charge in [0.25, 0.3) is 11.8 Å². The summed E-state index contributed by atoms with van der Waals surface area (Å²) < 4.78 is 23.3. The molecular formula is C16H23N3O4S. The lowest BCUT2D eigenvalue weighted by Crippen LogP contribution is -2.41. The Bertz CT molecular complexity index is 731. The minimum atomic E-state index is -3.08. The fourth-order valence-corrected chi connectivity index (χ4v) is 4.48. The molecule has 1 N–H and O–H groups in total. The summed E-state index contributed by atoms with van der Waals surface area (Å²) in [6.45, 7) is 5.87. The minimum Gasteiger partial charge on any atom is -0.349 e. The van der Waals surface area contributed by atoms with Gasteiger partial charge in [0.15, 0.2) is 9.84 Å². The minimum absolute atomic E-state index is 0.0138. The van der Waals surface area contributed by atoms with Crippen molar-refractivity contribution in [1.29, 1.82) is 0 Å². The Kier molecular flexibility index (Phi) is 5.58. The van der Waals surface area contributed by atoms with Gasteiger partial charge in [-0.05, 0) is 39.3 Å². The molecule has 8 heteroatoms. The van der Waals surface area contributed by atoms with Gasteiger partial charge in [-0.15, -0.1) is 0 Å². The summed E-state index contributed by atoms with van der Waals surface area (Å²) in [6, 6.07) is 4.33. The van der Waals surface area contributed by atoms with E-state index < -0.39 is 9.84 Å². The molecule has 0 aromatic carbocycles. The third kappa shape index (κ3) is 4.31. The molecule has 0 radical (unpaired) electrons. The predicted molar refractivity (Wildman–Crippen MR) is 90.6 cm³/mol. The van der Waals surface area contributed by atoms with Crippen molar-refractivity contribution in [2.45, 2.75) is 39.3 Å². The molecule has 7 nitrogen and oxygen atoms in total. The van der Waals surface area contributed by atoms with E-state index in [0.717, 1.165) is 0 Å². The summed E-state index contributed by atoms with van der Waals surface area (Å²) in [5.74, 6) is -0.601. The second-order valence-electron chi connectivity index (χ2n) is 6.18. The van der Waals surface area contributed by atoms with E-state index in [9.17, 15) is 18.0 Å². The van der Waals surface area contributed by atoms with Gasteiger partial charge in [0.1, 0.15) is 11.4 Å². The number of pyridine rings is 1. The van der Waals surface area contributed by atoms with E-state index in [-0.39, 0.29) is 46.8 Å². The van der Waals surface area contributed by atoms with Crippen molar-refractivity contribution < 1.29 is 18.0 Å². The number of carbonyl (C=O) groups excluding carboxylic acids is 2. The van der Waals surface area contributed by atoms with Gasteiger partial charge >= 0.3 is 0 Å². The summed E-state index contributed by atoms with van der Waals surface area (Å²) in [5.41, 5.74) is 0.321. The fourth-order valence-electron chi connectivity index (χ4n) is 2.75. The van der Waals surface area contributed by atoms with E-state index in [1.165, 1.54) is 4.90 Å². The maximum atomic E-state index is 12.7. The van der Waals surface area contributed by atoms with Crippen LogP contribution in [0.4, 0.5) is 0 Å². The average molecular weight is 353 g/mol. The zero-order valence-electron chi connectivity index (χ0n) is 14.2. The first-order valence-corrected chi connectivity index (χ1v) is 9.85. The molecule has 2 heterocycles. The lowest BCUT2D eigenvalue weighted by atomic mass is 10.2. The maximum absolute atomic E-state index is 12.7. The van der Waals surface area contributed by atoms with Crippen molar-refractivity contribution in [1.82, 2.24) is 15.2 Å². The topological polar surface area (TPSA) is 96.4 Å². The van der Waals surface area contributed by atoms with Crippen LogP contribution in [0.15, 0.2) is 18.2 Å². The monoisotopic (exact) mass is 353 g/mol. The molecule has 1 saturated heterocycles. The number of amides is 2. The molecule has 132 valence electrons. The highest BCUT2D eigenvalue weighted by Gasteiger charge is 2.34. The van der Waals surface area contributed by atoms with Crippen molar-refractivity contribution in [2.75, 3.05) is 18.1 Å². The lowest BCUT2D eigenvalue weighted by Gasteiger charge is -2.26. The van der Waals surface area contributed by atoms with Crippen LogP contribution in [0.25, 0.3) is 0 Å². The number of hydrogen-bond acceptors (Lipinski definition) is 5. The number of aromatic nitrogens is 1. The number of nitrogens with one attached hydrogen (secondary N) is 1. The lowest BCUT2D eigenvalue weighted by molar-refractivity contribution is 0.0702. The van der Waals surface area contributed by atoms with E-state index in [4.69, 9.17) is 0 Å². The highest BCUT2D eigenvalue weighted by molar-refractivity contribution is 7.91. The second kappa shape index (κ2) is 7.29. The first kappa shape index (κ1) is 18.4. The molecule has 0 saturated carbocycles. The van der Waals surface area contributed by atoms with Gasteiger partial charge in [-0.25, -0.2) is 13.4 Å². The molecule has 1 aliphatic heterocycles. The summed E-state index contributed by atoms with van der Waals surface area (Å²) in [6.07, 6.45) is 0.440. The standard InChI is InChI=1S/C16H23N3O4S/c1-4-19(12-8-9-24(22,23)10-12)16(21)14-7-5-6-13(18-14)15(20)17-11(2)3/h5-7,11-12H,4,8-10H2,1-3H3,(H,17,20). The molecule has 1 fully saturated rings. The smallest absolute Gasteiger partial charge is 0.272 e. The van der Waals surface area contributed by atoms with Crippen LogP contribution in [0.5, 0.6) is 0 Å². The van der Waals surface area contributed by atoms with E-state index in [0.29, 0.717) is 13.0 Å². The first-order valence-electron chi connectivity index (χ1n) is 8.03. The zero-order valence-corrected chi connectivity index (χ0v) is 15.0. The highest BCUT2D eigenvalue weighted by Crippen LogP contribution is 2.19. The normalized spacial score (nSPS) is 19.2. The quantitative estimate of drug-likeness (QED) is 0.847. The van der Waals surface area contributed by atoms with Crippen LogP contribution in [0, 0.1) is 0 Å². The average Bonchev–Trinajstić information content (AvgIpc) is 2.87. The number of sulfone groups is 1. The second-order valence-corrected chi connectivity index (χ2v) is 8.41. The molecule has 0 bridgehead atoms. The van der Waals surface area contributed by atoms with Gasteiger partial charge in [-0.2, -0.15) is 0 Å². The summed E-state index contributed by atoms with van der Waals surface area (Å²) in [5, 5.41) is 2.73. The van der Waals surface area contributed by atoms with Crippen LogP contribution in [-0.2, 0) is 9.84 Å². The molecule has 2 amide bonds. The summed E-state index contributed by atoms with van der Waals surface area (Å²) >= 11 is 0. The molecule has 1 atom stereocenters. The van der Waals surface area contributed by atoms with Crippen molar-refractivity contribution in [2.24, 2.45) is 0 Å². The van der Waals surface area contributed by atoms with Crippen molar-refractivity contribution in [3.05, 3.63) is 29.6 Å². The zero-order chi connectivity index (χ0) is 17.9. The van der Waals surface area contributed by atoms with Gasteiger partial charge < -0.3 is 10.2 Å². The molecule has 1 unspecified atom stereocenters. The molecular weight excluding hydrogens is 330 g/mol. The van der Waals surface area contributed by atoms with Gasteiger partial charge in [-0.1, -0.05) is 6.07 Å². The fraction of sp³-hybridized carbons (Fsp3) is 0.562. The van der Waals surface area contributed by atoms with Crippen LogP contribution in [0.2, 0.25) is 0 Å². The number of nitrogens with zero attached hydrogens (tertiary/aromatic N) is 2. The molecule has 24 heavy (non-hydrogen) atoms. The van der Waals surface area contributed by atoms with Crippen LogP contribution in [0.3, 0.4) is 0 Å². The Morgan fingerprint density at radius 1 is 1.33 bits per heavy atom. The van der Waals surface area contributed by atoms with E-state index in [2.05, 4.69) is 10.3 Å². The largest absolute Gasteiger partial charge is 0.349 e. The molecule has 0 aliphatic carbocycles. The molecule has 1 aromatic heterocycles. The van der Waals surface area contributed by atoms with Gasteiger partial charge in [0.05, 0.1) is 11.5 Å². The van der Waals surface area contributed by atoms with Crippen molar-refractivity contribution in [3.63, 3.8) is 0 Å². The Morgan fingerprint density at radius 2 is 2.00 bits per heavy atom. The number of rotatable bonds is 5. The van der Waals surface area contributed by atoms with Gasteiger partial charge in [-0.3, -0.25) is 9.59 Å². The molecule has 1 aromatic rings. The highest BCUT2D eigenvalue weighted by atomic mass is 32.2. The van der Waals surface area contributed by atoms with Gasteiger partial charge in [0, 0.05) is 18.6 Å². The van der Waals surface area contributed by atoms with Crippen LogP contribution < -0.4 is 5.32 Å². The Morgan fingerprint density at radius 3 is 2.54 bits per heavy atom. The maximum Gasteiger partial charge on any atom is 0.272 e. The predicted octanol–water partition coefficient (Wildman–Crippen LogP) is 0.869. The Labute approximate surface area is 142 Å². The first-order chi connectivity index (χ1) is 11.2. The van der Waals surface area contributed by atoms with Crippen LogP contribution in [0.1, 0.15) is 48.2 Å². The van der Waals surface area contributed by atoms with Crippen LogP contribution in [-0.4, -0.2) is 60.3 Å². The molecule has 0 spiro atoms. The third-order valence-corrected chi connectivity index (χ3v) is 5.62. The molecule has 1 aliphatic rings. The number of carbonyl (C=O) groups is 2. The number of hydrogen-bond donors (Lipinski definition) is 1. The third-order valence-electron chi connectivity index (χ3n) is 3.87. The Balaban J connectivity index is 2.20. The SMILES string of the molecule is CCN(C(=O)c1cccc(C(=O)NC(C)C)n1)C1CCS(=O)(=O)C1.